The Bertz CT molecular complexity index is 804. The van der Waals surface area contributed by atoms with Gasteiger partial charge in [0.2, 0.25) is 5.91 Å². The van der Waals surface area contributed by atoms with E-state index >= 15 is 0 Å². The highest BCUT2D eigenvalue weighted by atomic mass is 79.9. The van der Waals surface area contributed by atoms with E-state index in [0.29, 0.717) is 10.9 Å². The van der Waals surface area contributed by atoms with Crippen molar-refractivity contribution in [2.24, 2.45) is 0 Å². The molecule has 1 amide bonds. The Morgan fingerprint density at radius 2 is 1.72 bits per heavy atom. The molecule has 2 aromatic carbocycles. The average molecular weight is 469 g/mol. The topological polar surface area (TPSA) is 37.4 Å². The third-order valence-electron chi connectivity index (χ3n) is 3.53. The highest BCUT2D eigenvalue weighted by Gasteiger charge is 2.17. The van der Waals surface area contributed by atoms with Crippen LogP contribution < -0.4 is 4.90 Å². The number of halogens is 3. The molecule has 0 heterocycles. The van der Waals surface area contributed by atoms with Gasteiger partial charge in [-0.3, -0.25) is 9.59 Å². The number of rotatable bonds is 6. The number of hydrogen-bond acceptors (Lipinski definition) is 2. The van der Waals surface area contributed by atoms with Crippen molar-refractivity contribution in [1.82, 2.24) is 0 Å². The van der Waals surface area contributed by atoms with Crippen molar-refractivity contribution < 1.29 is 14.0 Å². The van der Waals surface area contributed by atoms with Gasteiger partial charge in [0.1, 0.15) is 5.82 Å². The SMILES string of the molecule is CC(=O)N(C/C=C/CBr)c1ccc(C(=O)c2ccc(Br)cc2)cc1F. The second-order valence-corrected chi connectivity index (χ2v) is 6.82. The van der Waals surface area contributed by atoms with E-state index in [1.807, 2.05) is 6.08 Å². The Hall–Kier alpha value is -1.79. The summed E-state index contributed by atoms with van der Waals surface area (Å²) >= 11 is 6.56. The number of anilines is 1. The summed E-state index contributed by atoms with van der Waals surface area (Å²) < 4.78 is 15.4. The fraction of sp³-hybridized carbons (Fsp3) is 0.158. The van der Waals surface area contributed by atoms with Gasteiger partial charge in [-0.05, 0) is 42.5 Å². The van der Waals surface area contributed by atoms with E-state index < -0.39 is 5.82 Å². The zero-order chi connectivity index (χ0) is 18.4. The number of benzene rings is 2. The van der Waals surface area contributed by atoms with Crippen LogP contribution in [0, 0.1) is 5.82 Å². The number of carbonyl (C=O) groups excluding carboxylic acids is 2. The monoisotopic (exact) mass is 467 g/mol. The van der Waals surface area contributed by atoms with Crippen molar-refractivity contribution in [3.8, 4) is 0 Å². The first kappa shape index (κ1) is 19.5. The molecule has 0 atom stereocenters. The van der Waals surface area contributed by atoms with E-state index in [4.69, 9.17) is 0 Å². The molecule has 0 saturated heterocycles. The Morgan fingerprint density at radius 3 is 2.28 bits per heavy atom. The minimum absolute atomic E-state index is 0.152. The number of amides is 1. The average Bonchev–Trinajstić information content (AvgIpc) is 2.59. The number of hydrogen-bond donors (Lipinski definition) is 0. The molecule has 0 bridgehead atoms. The molecule has 0 unspecified atom stereocenters. The van der Waals surface area contributed by atoms with Gasteiger partial charge in [0, 0.05) is 34.4 Å². The Kier molecular flexibility index (Phi) is 7.08. The maximum absolute atomic E-state index is 14.5. The molecule has 25 heavy (non-hydrogen) atoms. The maximum Gasteiger partial charge on any atom is 0.224 e. The van der Waals surface area contributed by atoms with Crippen LogP contribution in [0.5, 0.6) is 0 Å². The summed E-state index contributed by atoms with van der Waals surface area (Å²) in [5.41, 5.74) is 0.862. The van der Waals surface area contributed by atoms with Gasteiger partial charge >= 0.3 is 0 Å². The molecule has 0 aliphatic heterocycles. The molecule has 0 aliphatic carbocycles. The van der Waals surface area contributed by atoms with E-state index in [9.17, 15) is 14.0 Å². The predicted octanol–water partition coefficient (Wildman–Crippen LogP) is 5.12. The number of nitrogens with zero attached hydrogens (tertiary/aromatic N) is 1. The van der Waals surface area contributed by atoms with Crippen LogP contribution in [0.4, 0.5) is 10.1 Å². The van der Waals surface area contributed by atoms with Crippen molar-refractivity contribution in [3.05, 3.63) is 76.0 Å². The van der Waals surface area contributed by atoms with E-state index in [0.717, 1.165) is 4.47 Å². The molecule has 3 nitrogen and oxygen atoms in total. The summed E-state index contributed by atoms with van der Waals surface area (Å²) in [5.74, 6) is -1.15. The number of carbonyl (C=O) groups is 2. The fourth-order valence-electron chi connectivity index (χ4n) is 2.27. The standard InChI is InChI=1S/C19H16Br2FNO2/c1-13(24)23(11-3-2-10-20)18-9-6-15(12-17(18)22)19(25)14-4-7-16(21)8-5-14/h2-9,12H,10-11H2,1H3/b3-2+. The summed E-state index contributed by atoms with van der Waals surface area (Å²) in [5, 5.41) is 0.655. The Morgan fingerprint density at radius 1 is 1.08 bits per heavy atom. The smallest absolute Gasteiger partial charge is 0.224 e. The van der Waals surface area contributed by atoms with E-state index in [1.54, 1.807) is 30.3 Å². The summed E-state index contributed by atoms with van der Waals surface area (Å²) in [6.07, 6.45) is 3.61. The van der Waals surface area contributed by atoms with Gasteiger partial charge in [-0.1, -0.05) is 44.0 Å². The Labute approximate surface area is 162 Å². The van der Waals surface area contributed by atoms with Crippen LogP contribution in [0.25, 0.3) is 0 Å². The van der Waals surface area contributed by atoms with Crippen LogP contribution in [0.15, 0.2) is 59.1 Å². The number of ketones is 1. The van der Waals surface area contributed by atoms with Crippen LogP contribution in [-0.2, 0) is 4.79 Å². The zero-order valence-corrected chi connectivity index (χ0v) is 16.7. The first-order valence-electron chi connectivity index (χ1n) is 7.53. The maximum atomic E-state index is 14.5. The van der Waals surface area contributed by atoms with E-state index in [1.165, 1.54) is 30.0 Å². The molecular weight excluding hydrogens is 453 g/mol. The van der Waals surface area contributed by atoms with Crippen LogP contribution in [0.2, 0.25) is 0 Å². The van der Waals surface area contributed by atoms with Gasteiger partial charge < -0.3 is 4.90 Å². The van der Waals surface area contributed by atoms with Crippen LogP contribution in [0.1, 0.15) is 22.8 Å². The molecule has 0 saturated carbocycles. The minimum Gasteiger partial charge on any atom is -0.306 e. The van der Waals surface area contributed by atoms with Gasteiger partial charge in [-0.2, -0.15) is 0 Å². The predicted molar refractivity (Wildman–Crippen MR) is 105 cm³/mol. The van der Waals surface area contributed by atoms with E-state index in [2.05, 4.69) is 31.9 Å². The van der Waals surface area contributed by atoms with Crippen molar-refractivity contribution in [3.63, 3.8) is 0 Å². The largest absolute Gasteiger partial charge is 0.306 e. The molecule has 0 aliphatic rings. The lowest BCUT2D eigenvalue weighted by Crippen LogP contribution is -2.29. The van der Waals surface area contributed by atoms with Crippen LogP contribution in [-0.4, -0.2) is 23.6 Å². The third-order valence-corrected chi connectivity index (χ3v) is 4.43. The minimum atomic E-state index is -0.606. The lowest BCUT2D eigenvalue weighted by Gasteiger charge is -2.20. The van der Waals surface area contributed by atoms with Gasteiger partial charge in [0.15, 0.2) is 5.78 Å². The highest BCUT2D eigenvalue weighted by molar-refractivity contribution is 9.10. The van der Waals surface area contributed by atoms with Crippen LogP contribution in [0.3, 0.4) is 0 Å². The van der Waals surface area contributed by atoms with Crippen molar-refractivity contribution in [1.29, 1.82) is 0 Å². The number of alkyl halides is 1. The zero-order valence-electron chi connectivity index (χ0n) is 13.5. The van der Waals surface area contributed by atoms with Gasteiger partial charge in [-0.25, -0.2) is 4.39 Å². The Balaban J connectivity index is 2.29. The molecular formula is C19H16Br2FNO2. The van der Waals surface area contributed by atoms with Crippen molar-refractivity contribution in [2.75, 3.05) is 16.8 Å². The summed E-state index contributed by atoms with van der Waals surface area (Å²) in [7, 11) is 0. The molecule has 2 aromatic rings. The fourth-order valence-corrected chi connectivity index (χ4v) is 2.80. The van der Waals surface area contributed by atoms with Gasteiger partial charge in [0.05, 0.1) is 5.69 Å². The normalized spacial score (nSPS) is 10.9. The molecule has 0 spiro atoms. The van der Waals surface area contributed by atoms with Crippen molar-refractivity contribution in [2.45, 2.75) is 6.92 Å². The molecule has 2 rings (SSSR count). The first-order valence-corrected chi connectivity index (χ1v) is 9.44. The summed E-state index contributed by atoms with van der Waals surface area (Å²) in [6, 6.07) is 11.0. The molecule has 0 radical (unpaired) electrons. The van der Waals surface area contributed by atoms with Gasteiger partial charge in [0.25, 0.3) is 0 Å². The molecule has 6 heteroatoms. The van der Waals surface area contributed by atoms with Crippen molar-refractivity contribution >= 4 is 49.2 Å². The lowest BCUT2D eigenvalue weighted by molar-refractivity contribution is -0.116. The second kappa shape index (κ2) is 9.06. The number of allylic oxidation sites excluding steroid dienone is 1. The van der Waals surface area contributed by atoms with Crippen LogP contribution >= 0.6 is 31.9 Å². The summed E-state index contributed by atoms with van der Waals surface area (Å²) in [4.78, 5) is 25.6. The van der Waals surface area contributed by atoms with Gasteiger partial charge in [-0.15, -0.1) is 0 Å². The first-order chi connectivity index (χ1) is 11.9. The summed E-state index contributed by atoms with van der Waals surface area (Å²) in [6.45, 7) is 1.64. The molecule has 0 fully saturated rings. The van der Waals surface area contributed by atoms with E-state index in [-0.39, 0.29) is 29.5 Å². The molecule has 130 valence electrons. The second-order valence-electron chi connectivity index (χ2n) is 5.26. The lowest BCUT2D eigenvalue weighted by atomic mass is 10.0. The molecule has 0 N–H and O–H groups in total. The quantitative estimate of drug-likeness (QED) is 0.335. The highest BCUT2D eigenvalue weighted by Crippen LogP contribution is 2.23. The third kappa shape index (κ3) is 5.09. The molecule has 0 aromatic heterocycles.